The van der Waals surface area contributed by atoms with Crippen molar-refractivity contribution in [2.24, 2.45) is 4.99 Å². The SMILES string of the molecule is CCCN1C(=O)C2C(=Nc3n(C4CCCCC4)c(C)c(C)[n+]32)N(C)C1=O. The van der Waals surface area contributed by atoms with E-state index in [1.165, 1.54) is 29.9 Å². The van der Waals surface area contributed by atoms with E-state index in [1.807, 2.05) is 11.5 Å². The van der Waals surface area contributed by atoms with E-state index in [1.54, 1.807) is 11.9 Å². The summed E-state index contributed by atoms with van der Waals surface area (Å²) in [7, 11) is 1.73. The molecule has 1 aliphatic carbocycles. The Morgan fingerprint density at radius 2 is 1.85 bits per heavy atom. The van der Waals surface area contributed by atoms with E-state index in [4.69, 9.17) is 4.99 Å². The van der Waals surface area contributed by atoms with Crippen LogP contribution in [0.15, 0.2) is 4.99 Å². The number of imide groups is 1. The standard InChI is InChI=1S/C19H28N5O2/c1-5-11-22-17(25)15-16(21(4)19(22)26)20-18-23(12(2)13(3)24(15)18)14-9-7-6-8-10-14/h14-15H,5-11H2,1-4H3/q+1. The topological polar surface area (TPSA) is 61.8 Å². The minimum atomic E-state index is -0.511. The third-order valence-electron chi connectivity index (χ3n) is 6.14. The zero-order valence-electron chi connectivity index (χ0n) is 16.2. The number of imidazole rings is 1. The summed E-state index contributed by atoms with van der Waals surface area (Å²) in [4.78, 5) is 33.5. The number of aliphatic imine (C=N–C) groups is 1. The maximum Gasteiger partial charge on any atom is 0.402 e. The number of amidine groups is 1. The van der Waals surface area contributed by atoms with Gasteiger partial charge in [-0.3, -0.25) is 14.6 Å². The minimum Gasteiger partial charge on any atom is -0.270 e. The van der Waals surface area contributed by atoms with Gasteiger partial charge in [0.15, 0.2) is 0 Å². The molecule has 3 amide bonds. The highest BCUT2D eigenvalue weighted by Gasteiger charge is 2.54. The van der Waals surface area contributed by atoms with Crippen molar-refractivity contribution in [3.05, 3.63) is 11.4 Å². The molecule has 0 radical (unpaired) electrons. The number of aromatic nitrogens is 2. The van der Waals surface area contributed by atoms with E-state index in [9.17, 15) is 9.59 Å². The number of nitrogens with zero attached hydrogens (tertiary/aromatic N) is 5. The second kappa shape index (κ2) is 6.21. The van der Waals surface area contributed by atoms with Crippen LogP contribution < -0.4 is 4.57 Å². The molecule has 1 saturated carbocycles. The number of hydrogen-bond acceptors (Lipinski definition) is 3. The molecule has 1 aromatic heterocycles. The van der Waals surface area contributed by atoms with Crippen LogP contribution in [0.3, 0.4) is 0 Å². The van der Waals surface area contributed by atoms with Crippen molar-refractivity contribution in [1.29, 1.82) is 0 Å². The molecule has 4 rings (SSSR count). The lowest BCUT2D eigenvalue weighted by atomic mass is 9.95. The van der Waals surface area contributed by atoms with Crippen LogP contribution in [0.25, 0.3) is 0 Å². The lowest BCUT2D eigenvalue weighted by Crippen LogP contribution is -2.63. The third-order valence-corrected chi connectivity index (χ3v) is 6.14. The van der Waals surface area contributed by atoms with Crippen molar-refractivity contribution >= 4 is 23.7 Å². The molecule has 2 aliphatic heterocycles. The van der Waals surface area contributed by atoms with Gasteiger partial charge in [-0.05, 0) is 46.0 Å². The zero-order valence-corrected chi connectivity index (χ0v) is 16.2. The van der Waals surface area contributed by atoms with Gasteiger partial charge in [0.1, 0.15) is 11.4 Å². The number of likely N-dealkylation sites (N-methyl/N-ethyl adjacent to an activating group) is 1. The van der Waals surface area contributed by atoms with Gasteiger partial charge in [-0.1, -0.05) is 18.3 Å². The molecule has 3 heterocycles. The van der Waals surface area contributed by atoms with Crippen molar-refractivity contribution in [1.82, 2.24) is 14.4 Å². The second-order valence-corrected chi connectivity index (χ2v) is 7.71. The molecule has 3 aliphatic rings. The van der Waals surface area contributed by atoms with Gasteiger partial charge in [-0.25, -0.2) is 13.9 Å². The van der Waals surface area contributed by atoms with Crippen LogP contribution in [-0.4, -0.2) is 45.7 Å². The van der Waals surface area contributed by atoms with Crippen LogP contribution in [0.1, 0.15) is 68.9 Å². The number of carbonyl (C=O) groups excluding carboxylic acids is 2. The van der Waals surface area contributed by atoms with E-state index >= 15 is 0 Å². The molecule has 140 valence electrons. The summed E-state index contributed by atoms with van der Waals surface area (Å²) in [5.41, 5.74) is 2.26. The van der Waals surface area contributed by atoms with Gasteiger partial charge in [0.25, 0.3) is 5.91 Å². The Morgan fingerprint density at radius 1 is 1.15 bits per heavy atom. The number of rotatable bonds is 3. The summed E-state index contributed by atoms with van der Waals surface area (Å²) < 4.78 is 4.36. The summed E-state index contributed by atoms with van der Waals surface area (Å²) in [6, 6.07) is -0.343. The largest absolute Gasteiger partial charge is 0.402 e. The summed E-state index contributed by atoms with van der Waals surface area (Å²) in [6.45, 7) is 6.61. The lowest BCUT2D eigenvalue weighted by molar-refractivity contribution is -0.683. The van der Waals surface area contributed by atoms with Gasteiger partial charge >= 0.3 is 12.0 Å². The molecule has 0 bridgehead atoms. The van der Waals surface area contributed by atoms with Crippen molar-refractivity contribution in [3.8, 4) is 0 Å². The monoisotopic (exact) mass is 358 g/mol. The fourth-order valence-electron chi connectivity index (χ4n) is 4.67. The maximum atomic E-state index is 13.1. The van der Waals surface area contributed by atoms with Gasteiger partial charge in [-0.2, -0.15) is 0 Å². The van der Waals surface area contributed by atoms with Gasteiger partial charge in [0.05, 0.1) is 6.04 Å². The first-order valence-corrected chi connectivity index (χ1v) is 9.78. The molecule has 0 spiro atoms. The van der Waals surface area contributed by atoms with Crippen molar-refractivity contribution in [2.45, 2.75) is 71.4 Å². The Morgan fingerprint density at radius 3 is 2.50 bits per heavy atom. The van der Waals surface area contributed by atoms with E-state index in [0.29, 0.717) is 18.4 Å². The van der Waals surface area contributed by atoms with Crippen LogP contribution in [0.2, 0.25) is 0 Å². The van der Waals surface area contributed by atoms with E-state index < -0.39 is 6.04 Å². The zero-order chi connectivity index (χ0) is 18.6. The average molecular weight is 358 g/mol. The Labute approximate surface area is 154 Å². The number of fused-ring (bicyclic) bond motifs is 3. The van der Waals surface area contributed by atoms with E-state index in [-0.39, 0.29) is 11.9 Å². The van der Waals surface area contributed by atoms with Crippen LogP contribution in [0.5, 0.6) is 0 Å². The molecule has 7 nitrogen and oxygen atoms in total. The van der Waals surface area contributed by atoms with Gasteiger partial charge in [-0.15, -0.1) is 0 Å². The molecule has 1 aromatic rings. The van der Waals surface area contributed by atoms with Gasteiger partial charge < -0.3 is 0 Å². The first-order valence-electron chi connectivity index (χ1n) is 9.78. The molecule has 0 aromatic carbocycles. The number of carbonyl (C=O) groups is 2. The molecule has 1 unspecified atom stereocenters. The smallest absolute Gasteiger partial charge is 0.270 e. The summed E-state index contributed by atoms with van der Waals surface area (Å²) >= 11 is 0. The number of urea groups is 1. The van der Waals surface area contributed by atoms with E-state index in [0.717, 1.165) is 30.9 Å². The second-order valence-electron chi connectivity index (χ2n) is 7.71. The van der Waals surface area contributed by atoms with E-state index in [2.05, 4.69) is 18.4 Å². The fourth-order valence-corrected chi connectivity index (χ4v) is 4.67. The third kappa shape index (κ3) is 2.25. The molecule has 1 atom stereocenters. The lowest BCUT2D eigenvalue weighted by Gasteiger charge is -2.33. The normalized spacial score (nSPS) is 23.4. The van der Waals surface area contributed by atoms with Crippen LogP contribution >= 0.6 is 0 Å². The molecule has 2 fully saturated rings. The van der Waals surface area contributed by atoms with Crippen molar-refractivity contribution < 1.29 is 14.2 Å². The number of amides is 3. The Kier molecular flexibility index (Phi) is 4.12. The summed E-state index contributed by atoms with van der Waals surface area (Å²) in [5.74, 6) is 1.25. The first-order chi connectivity index (χ1) is 12.5. The quantitative estimate of drug-likeness (QED) is 0.780. The molecule has 26 heavy (non-hydrogen) atoms. The Bertz CT molecular complexity index is 803. The highest BCUT2D eigenvalue weighted by molar-refractivity contribution is 6.19. The minimum absolute atomic E-state index is 0.152. The van der Waals surface area contributed by atoms with Crippen molar-refractivity contribution in [3.63, 3.8) is 0 Å². The fraction of sp³-hybridized carbons (Fsp3) is 0.684. The van der Waals surface area contributed by atoms with Gasteiger partial charge in [0, 0.05) is 13.6 Å². The van der Waals surface area contributed by atoms with Crippen LogP contribution in [0.4, 0.5) is 10.7 Å². The molecule has 1 saturated heterocycles. The molecular formula is C19H28N5O2+. The highest BCUT2D eigenvalue weighted by atomic mass is 16.2. The molecular weight excluding hydrogens is 330 g/mol. The predicted octanol–water partition coefficient (Wildman–Crippen LogP) is 2.79. The first kappa shape index (κ1) is 17.2. The van der Waals surface area contributed by atoms with Crippen molar-refractivity contribution in [2.75, 3.05) is 13.6 Å². The van der Waals surface area contributed by atoms with Crippen LogP contribution in [0, 0.1) is 13.8 Å². The Hall–Kier alpha value is -2.18. The molecule has 7 heteroatoms. The summed E-state index contributed by atoms with van der Waals surface area (Å²) in [6.07, 6.45) is 6.84. The number of hydrogen-bond donors (Lipinski definition) is 0. The molecule has 0 N–H and O–H groups in total. The van der Waals surface area contributed by atoms with Gasteiger partial charge in [0.2, 0.25) is 11.9 Å². The average Bonchev–Trinajstić information content (AvgIpc) is 3.14. The Balaban J connectivity index is 1.83. The maximum absolute atomic E-state index is 13.1. The summed E-state index contributed by atoms with van der Waals surface area (Å²) in [5, 5.41) is 0. The predicted molar refractivity (Wildman–Crippen MR) is 97.5 cm³/mol. The van der Waals surface area contributed by atoms with Crippen LogP contribution in [-0.2, 0) is 4.79 Å². The highest BCUT2D eigenvalue weighted by Crippen LogP contribution is 2.37.